The first kappa shape index (κ1) is 12.9. The highest BCUT2D eigenvalue weighted by Gasteiger charge is 2.20. The SMILES string of the molecule is CCn1nc(C)c(Cl)c1CN1CCC(N)CC1. The number of likely N-dealkylation sites (tertiary alicyclic amines) is 1. The Morgan fingerprint density at radius 3 is 2.65 bits per heavy atom. The summed E-state index contributed by atoms with van der Waals surface area (Å²) in [5.74, 6) is 0. The zero-order valence-corrected chi connectivity index (χ0v) is 11.4. The van der Waals surface area contributed by atoms with Crippen LogP contribution in [0.25, 0.3) is 0 Å². The number of hydrogen-bond acceptors (Lipinski definition) is 3. The summed E-state index contributed by atoms with van der Waals surface area (Å²) in [6.45, 7) is 7.94. The van der Waals surface area contributed by atoms with E-state index in [-0.39, 0.29) is 0 Å². The van der Waals surface area contributed by atoms with Gasteiger partial charge in [0.25, 0.3) is 0 Å². The number of halogens is 1. The van der Waals surface area contributed by atoms with Crippen molar-refractivity contribution in [3.05, 3.63) is 16.4 Å². The lowest BCUT2D eigenvalue weighted by Crippen LogP contribution is -2.39. The van der Waals surface area contributed by atoms with Gasteiger partial charge in [0.15, 0.2) is 0 Å². The lowest BCUT2D eigenvalue weighted by Gasteiger charge is -2.30. The van der Waals surface area contributed by atoms with Gasteiger partial charge in [-0.05, 0) is 26.7 Å². The Morgan fingerprint density at radius 1 is 1.41 bits per heavy atom. The number of aromatic nitrogens is 2. The second kappa shape index (κ2) is 5.38. The summed E-state index contributed by atoms with van der Waals surface area (Å²) >= 11 is 6.31. The maximum Gasteiger partial charge on any atom is 0.0860 e. The van der Waals surface area contributed by atoms with Crippen LogP contribution in [0.15, 0.2) is 0 Å². The molecular formula is C12H21ClN4. The van der Waals surface area contributed by atoms with Gasteiger partial charge >= 0.3 is 0 Å². The molecule has 2 rings (SSSR count). The average Bonchev–Trinajstić information content (AvgIpc) is 2.59. The van der Waals surface area contributed by atoms with Crippen molar-refractivity contribution in [3.63, 3.8) is 0 Å². The van der Waals surface area contributed by atoms with Crippen molar-refractivity contribution in [3.8, 4) is 0 Å². The zero-order chi connectivity index (χ0) is 12.4. The van der Waals surface area contributed by atoms with Crippen molar-refractivity contribution in [1.82, 2.24) is 14.7 Å². The second-order valence-electron chi connectivity index (χ2n) is 4.78. The monoisotopic (exact) mass is 256 g/mol. The van der Waals surface area contributed by atoms with Gasteiger partial charge < -0.3 is 5.73 Å². The van der Waals surface area contributed by atoms with E-state index in [1.807, 2.05) is 11.6 Å². The molecule has 0 atom stereocenters. The van der Waals surface area contributed by atoms with E-state index in [9.17, 15) is 0 Å². The molecule has 0 unspecified atom stereocenters. The molecule has 1 saturated heterocycles. The third-order valence-electron chi connectivity index (χ3n) is 3.46. The third-order valence-corrected chi connectivity index (χ3v) is 3.95. The number of nitrogens with two attached hydrogens (primary N) is 1. The highest BCUT2D eigenvalue weighted by Crippen LogP contribution is 2.23. The first-order valence-electron chi connectivity index (χ1n) is 6.31. The lowest BCUT2D eigenvalue weighted by atomic mass is 10.1. The zero-order valence-electron chi connectivity index (χ0n) is 10.6. The fraction of sp³-hybridized carbons (Fsp3) is 0.750. The van der Waals surface area contributed by atoms with Crippen molar-refractivity contribution in [2.75, 3.05) is 13.1 Å². The molecule has 0 spiro atoms. The summed E-state index contributed by atoms with van der Waals surface area (Å²) in [7, 11) is 0. The first-order valence-corrected chi connectivity index (χ1v) is 6.69. The first-order chi connectivity index (χ1) is 8.11. The van der Waals surface area contributed by atoms with E-state index in [0.717, 1.165) is 55.4 Å². The molecule has 5 heteroatoms. The minimum atomic E-state index is 0.375. The topological polar surface area (TPSA) is 47.1 Å². The van der Waals surface area contributed by atoms with Gasteiger partial charge in [0.1, 0.15) is 0 Å². The van der Waals surface area contributed by atoms with Crippen LogP contribution < -0.4 is 5.73 Å². The van der Waals surface area contributed by atoms with Crippen LogP contribution in [0.1, 0.15) is 31.2 Å². The fourth-order valence-electron chi connectivity index (χ4n) is 2.34. The number of piperidine rings is 1. The average molecular weight is 257 g/mol. The summed E-state index contributed by atoms with van der Waals surface area (Å²) in [5, 5.41) is 5.26. The molecule has 1 aromatic rings. The van der Waals surface area contributed by atoms with Gasteiger partial charge in [0.2, 0.25) is 0 Å². The van der Waals surface area contributed by atoms with Crippen LogP contribution in [0.3, 0.4) is 0 Å². The van der Waals surface area contributed by atoms with Crippen LogP contribution in [-0.4, -0.2) is 33.8 Å². The maximum absolute atomic E-state index is 6.31. The standard InChI is InChI=1S/C12H21ClN4/c1-3-17-11(12(13)9(2)15-17)8-16-6-4-10(14)5-7-16/h10H,3-8,14H2,1-2H3. The van der Waals surface area contributed by atoms with Gasteiger partial charge in [0.05, 0.1) is 16.4 Å². The highest BCUT2D eigenvalue weighted by molar-refractivity contribution is 6.31. The van der Waals surface area contributed by atoms with Gasteiger partial charge in [0, 0.05) is 32.2 Å². The predicted octanol–water partition coefficient (Wildman–Crippen LogP) is 1.79. The molecule has 0 aromatic carbocycles. The van der Waals surface area contributed by atoms with Crippen molar-refractivity contribution < 1.29 is 0 Å². The third kappa shape index (κ3) is 2.81. The van der Waals surface area contributed by atoms with Crippen molar-refractivity contribution in [1.29, 1.82) is 0 Å². The maximum atomic E-state index is 6.31. The van der Waals surface area contributed by atoms with E-state index in [1.165, 1.54) is 0 Å². The van der Waals surface area contributed by atoms with Crippen LogP contribution >= 0.6 is 11.6 Å². The molecule has 0 bridgehead atoms. The Kier molecular flexibility index (Phi) is 4.07. The molecule has 0 saturated carbocycles. The highest BCUT2D eigenvalue weighted by atomic mass is 35.5. The van der Waals surface area contributed by atoms with Crippen molar-refractivity contribution >= 4 is 11.6 Å². The number of rotatable bonds is 3. The summed E-state index contributed by atoms with van der Waals surface area (Å²) in [5.41, 5.74) is 7.98. The van der Waals surface area contributed by atoms with Crippen LogP contribution in [0.5, 0.6) is 0 Å². The molecule has 17 heavy (non-hydrogen) atoms. The van der Waals surface area contributed by atoms with Crippen molar-refractivity contribution in [2.45, 2.75) is 45.8 Å². The molecule has 0 radical (unpaired) electrons. The molecule has 1 aromatic heterocycles. The van der Waals surface area contributed by atoms with E-state index >= 15 is 0 Å². The van der Waals surface area contributed by atoms with E-state index < -0.39 is 0 Å². The van der Waals surface area contributed by atoms with Gasteiger partial charge in [-0.2, -0.15) is 5.10 Å². The Hall–Kier alpha value is -0.580. The summed E-state index contributed by atoms with van der Waals surface area (Å²) in [6, 6.07) is 0.375. The van der Waals surface area contributed by atoms with E-state index in [0.29, 0.717) is 6.04 Å². The summed E-state index contributed by atoms with van der Waals surface area (Å²) in [6.07, 6.45) is 2.16. The summed E-state index contributed by atoms with van der Waals surface area (Å²) < 4.78 is 2.01. The molecule has 1 aliphatic heterocycles. The number of aryl methyl sites for hydroxylation is 2. The minimum Gasteiger partial charge on any atom is -0.328 e. The number of hydrogen-bond donors (Lipinski definition) is 1. The van der Waals surface area contributed by atoms with E-state index in [4.69, 9.17) is 17.3 Å². The van der Waals surface area contributed by atoms with E-state index in [1.54, 1.807) is 0 Å². The molecule has 1 aliphatic rings. The molecule has 2 N–H and O–H groups in total. The molecule has 0 aliphatic carbocycles. The normalized spacial score (nSPS) is 18.8. The Labute approximate surface area is 108 Å². The van der Waals surface area contributed by atoms with E-state index in [2.05, 4.69) is 16.9 Å². The second-order valence-corrected chi connectivity index (χ2v) is 5.15. The van der Waals surface area contributed by atoms with Crippen LogP contribution in [-0.2, 0) is 13.1 Å². The Bertz CT molecular complexity index is 380. The van der Waals surface area contributed by atoms with Crippen molar-refractivity contribution in [2.24, 2.45) is 5.73 Å². The quantitative estimate of drug-likeness (QED) is 0.897. The van der Waals surface area contributed by atoms with Gasteiger partial charge in [-0.3, -0.25) is 9.58 Å². The van der Waals surface area contributed by atoms with Crippen LogP contribution in [0.2, 0.25) is 5.02 Å². The van der Waals surface area contributed by atoms with Gasteiger partial charge in [-0.1, -0.05) is 11.6 Å². The largest absolute Gasteiger partial charge is 0.328 e. The molecule has 0 amide bonds. The van der Waals surface area contributed by atoms with Gasteiger partial charge in [-0.15, -0.1) is 0 Å². The van der Waals surface area contributed by atoms with Crippen LogP contribution in [0, 0.1) is 6.92 Å². The molecular weight excluding hydrogens is 236 g/mol. The Morgan fingerprint density at radius 2 is 2.06 bits per heavy atom. The molecule has 96 valence electrons. The number of nitrogens with zero attached hydrogens (tertiary/aromatic N) is 3. The van der Waals surface area contributed by atoms with Crippen LogP contribution in [0.4, 0.5) is 0 Å². The molecule has 2 heterocycles. The summed E-state index contributed by atoms with van der Waals surface area (Å²) in [4.78, 5) is 2.41. The smallest absolute Gasteiger partial charge is 0.0860 e. The minimum absolute atomic E-state index is 0.375. The molecule has 1 fully saturated rings. The molecule has 4 nitrogen and oxygen atoms in total. The lowest BCUT2D eigenvalue weighted by molar-refractivity contribution is 0.200. The predicted molar refractivity (Wildman–Crippen MR) is 70.1 cm³/mol. The Balaban J connectivity index is 2.07. The fourth-order valence-corrected chi connectivity index (χ4v) is 2.54. The van der Waals surface area contributed by atoms with Gasteiger partial charge in [-0.25, -0.2) is 0 Å².